The molecule has 0 saturated carbocycles. The lowest BCUT2D eigenvalue weighted by Gasteiger charge is -2.23. The fraction of sp³-hybridized carbons (Fsp3) is 0.417. The van der Waals surface area contributed by atoms with Crippen molar-refractivity contribution in [2.75, 3.05) is 32.5 Å². The predicted molar refractivity (Wildman–Crippen MR) is 66.5 cm³/mol. The van der Waals surface area contributed by atoms with E-state index in [0.29, 0.717) is 10.6 Å². The van der Waals surface area contributed by atoms with Crippen LogP contribution >= 0.6 is 0 Å². The molecule has 0 bridgehead atoms. The topological polar surface area (TPSA) is 75.8 Å². The quantitative estimate of drug-likeness (QED) is 0.801. The van der Waals surface area contributed by atoms with Crippen molar-refractivity contribution in [3.8, 4) is 5.75 Å². The average Bonchev–Trinajstić information content (AvgIpc) is 2.36. The van der Waals surface area contributed by atoms with Crippen LogP contribution in [0.25, 0.3) is 0 Å². The van der Waals surface area contributed by atoms with Crippen LogP contribution in [0, 0.1) is 0 Å². The summed E-state index contributed by atoms with van der Waals surface area (Å²) in [6.45, 7) is -2.47. The van der Waals surface area contributed by atoms with Crippen molar-refractivity contribution in [2.45, 2.75) is 6.18 Å². The predicted octanol–water partition coefficient (Wildman–Crippen LogP) is 1.27. The number of rotatable bonds is 5. The van der Waals surface area contributed by atoms with Crippen molar-refractivity contribution >= 4 is 11.6 Å². The molecule has 20 heavy (non-hydrogen) atoms. The Morgan fingerprint density at radius 3 is 2.60 bits per heavy atom. The molecule has 0 spiro atoms. The maximum atomic E-state index is 12.4. The van der Waals surface area contributed by atoms with Gasteiger partial charge in [-0.15, -0.1) is 0 Å². The standard InChI is InChI=1S/C12H15F3N2O3/c1-20-8-2-3-10(16)9(6-8)11(19)17(4-5-18)7-12(13,14)15/h2-3,6,18H,4-5,7,16H2,1H3. The lowest BCUT2D eigenvalue weighted by Crippen LogP contribution is -2.40. The first-order chi connectivity index (χ1) is 9.28. The Balaban J connectivity index is 3.05. The number of carbonyl (C=O) groups excluding carboxylic acids is 1. The number of anilines is 1. The fourth-order valence-corrected chi connectivity index (χ4v) is 1.61. The molecular formula is C12H15F3N2O3. The minimum Gasteiger partial charge on any atom is -0.497 e. The van der Waals surface area contributed by atoms with Crippen molar-refractivity contribution in [2.24, 2.45) is 0 Å². The maximum Gasteiger partial charge on any atom is 0.406 e. The fourth-order valence-electron chi connectivity index (χ4n) is 1.61. The smallest absolute Gasteiger partial charge is 0.406 e. The molecule has 8 heteroatoms. The van der Waals surface area contributed by atoms with E-state index in [1.807, 2.05) is 0 Å². The van der Waals surface area contributed by atoms with E-state index in [9.17, 15) is 18.0 Å². The van der Waals surface area contributed by atoms with Crippen LogP contribution in [0.2, 0.25) is 0 Å². The Morgan fingerprint density at radius 1 is 1.45 bits per heavy atom. The highest BCUT2D eigenvalue weighted by atomic mass is 19.4. The molecule has 0 radical (unpaired) electrons. The van der Waals surface area contributed by atoms with Crippen molar-refractivity contribution in [3.63, 3.8) is 0 Å². The molecular weight excluding hydrogens is 277 g/mol. The second-order valence-electron chi connectivity index (χ2n) is 4.02. The van der Waals surface area contributed by atoms with Gasteiger partial charge < -0.3 is 20.5 Å². The maximum absolute atomic E-state index is 12.4. The number of halogens is 3. The Kier molecular flexibility index (Phi) is 5.20. The van der Waals surface area contributed by atoms with Crippen LogP contribution in [-0.2, 0) is 0 Å². The van der Waals surface area contributed by atoms with Gasteiger partial charge in [-0.25, -0.2) is 0 Å². The Morgan fingerprint density at radius 2 is 2.10 bits per heavy atom. The molecule has 0 heterocycles. The zero-order valence-corrected chi connectivity index (χ0v) is 10.8. The molecule has 112 valence electrons. The number of hydrogen-bond donors (Lipinski definition) is 2. The van der Waals surface area contributed by atoms with Crippen LogP contribution in [0.15, 0.2) is 18.2 Å². The monoisotopic (exact) mass is 292 g/mol. The third-order valence-electron chi connectivity index (χ3n) is 2.52. The van der Waals surface area contributed by atoms with Gasteiger partial charge in [-0.2, -0.15) is 13.2 Å². The first kappa shape index (κ1) is 16.1. The minimum absolute atomic E-state index is 0.0425. The summed E-state index contributed by atoms with van der Waals surface area (Å²) in [5.41, 5.74) is 5.54. The molecule has 0 fully saturated rings. The number of alkyl halides is 3. The van der Waals surface area contributed by atoms with Gasteiger partial charge in [-0.1, -0.05) is 0 Å². The zero-order valence-electron chi connectivity index (χ0n) is 10.8. The van der Waals surface area contributed by atoms with Gasteiger partial charge in [0.2, 0.25) is 0 Å². The van der Waals surface area contributed by atoms with Crippen LogP contribution in [-0.4, -0.2) is 48.9 Å². The molecule has 1 aromatic rings. The van der Waals surface area contributed by atoms with Gasteiger partial charge in [0.15, 0.2) is 0 Å². The summed E-state index contributed by atoms with van der Waals surface area (Å²) < 4.78 is 42.2. The molecule has 0 aliphatic heterocycles. The zero-order chi connectivity index (χ0) is 15.3. The van der Waals surface area contributed by atoms with Crippen LogP contribution < -0.4 is 10.5 Å². The second kappa shape index (κ2) is 6.47. The van der Waals surface area contributed by atoms with Crippen molar-refractivity contribution in [1.82, 2.24) is 4.90 Å². The highest BCUT2D eigenvalue weighted by molar-refractivity contribution is 5.99. The van der Waals surface area contributed by atoms with Crippen molar-refractivity contribution < 1.29 is 27.8 Å². The number of nitrogen functional groups attached to an aromatic ring is 1. The van der Waals surface area contributed by atoms with E-state index in [4.69, 9.17) is 15.6 Å². The number of nitrogens with two attached hydrogens (primary N) is 1. The summed E-state index contributed by atoms with van der Waals surface area (Å²) in [5.74, 6) is -0.605. The summed E-state index contributed by atoms with van der Waals surface area (Å²) in [6.07, 6.45) is -4.56. The van der Waals surface area contributed by atoms with Crippen LogP contribution in [0.4, 0.5) is 18.9 Å². The van der Waals surface area contributed by atoms with Gasteiger partial charge in [-0.3, -0.25) is 4.79 Å². The highest BCUT2D eigenvalue weighted by Crippen LogP contribution is 2.23. The van der Waals surface area contributed by atoms with Gasteiger partial charge in [0.05, 0.1) is 19.3 Å². The summed E-state index contributed by atoms with van der Waals surface area (Å²) in [4.78, 5) is 12.6. The molecule has 0 unspecified atom stereocenters. The van der Waals surface area contributed by atoms with Gasteiger partial charge >= 0.3 is 6.18 Å². The summed E-state index contributed by atoms with van der Waals surface area (Å²) in [5, 5.41) is 8.78. The third-order valence-corrected chi connectivity index (χ3v) is 2.52. The molecule has 0 saturated heterocycles. The number of methoxy groups -OCH3 is 1. The molecule has 0 atom stereocenters. The van der Waals surface area contributed by atoms with Crippen molar-refractivity contribution in [3.05, 3.63) is 23.8 Å². The molecule has 1 aromatic carbocycles. The largest absolute Gasteiger partial charge is 0.497 e. The van der Waals surface area contributed by atoms with E-state index < -0.39 is 31.8 Å². The Hall–Kier alpha value is -1.96. The minimum atomic E-state index is -4.56. The molecule has 0 aliphatic rings. The highest BCUT2D eigenvalue weighted by Gasteiger charge is 2.33. The molecule has 5 nitrogen and oxygen atoms in total. The number of aliphatic hydroxyl groups excluding tert-OH is 1. The molecule has 1 amide bonds. The second-order valence-corrected chi connectivity index (χ2v) is 4.02. The van der Waals surface area contributed by atoms with Gasteiger partial charge in [0.25, 0.3) is 5.91 Å². The number of amides is 1. The van der Waals surface area contributed by atoms with Crippen LogP contribution in [0.3, 0.4) is 0 Å². The lowest BCUT2D eigenvalue weighted by molar-refractivity contribution is -0.141. The van der Waals surface area contributed by atoms with E-state index in [2.05, 4.69) is 0 Å². The number of aliphatic hydroxyl groups is 1. The first-order valence-electron chi connectivity index (χ1n) is 5.69. The van der Waals surface area contributed by atoms with Crippen molar-refractivity contribution in [1.29, 1.82) is 0 Å². The average molecular weight is 292 g/mol. The van der Waals surface area contributed by atoms with E-state index in [1.54, 1.807) is 0 Å². The number of nitrogens with zero attached hydrogens (tertiary/aromatic N) is 1. The molecule has 1 rings (SSSR count). The van der Waals surface area contributed by atoms with E-state index in [0.717, 1.165) is 0 Å². The van der Waals surface area contributed by atoms with E-state index in [-0.39, 0.29) is 11.3 Å². The number of ether oxygens (including phenoxy) is 1. The SMILES string of the molecule is COc1ccc(N)c(C(=O)N(CCO)CC(F)(F)F)c1. The summed E-state index contributed by atoms with van der Waals surface area (Å²) in [6, 6.07) is 4.13. The van der Waals surface area contributed by atoms with E-state index >= 15 is 0 Å². The molecule has 0 aliphatic carbocycles. The van der Waals surface area contributed by atoms with Crippen LogP contribution in [0.1, 0.15) is 10.4 Å². The number of carbonyl (C=O) groups is 1. The Bertz CT molecular complexity index is 478. The third kappa shape index (κ3) is 4.30. The van der Waals surface area contributed by atoms with Gasteiger partial charge in [-0.05, 0) is 18.2 Å². The summed E-state index contributed by atoms with van der Waals surface area (Å²) in [7, 11) is 1.36. The summed E-state index contributed by atoms with van der Waals surface area (Å²) >= 11 is 0. The van der Waals surface area contributed by atoms with Gasteiger partial charge in [0, 0.05) is 12.2 Å². The first-order valence-corrected chi connectivity index (χ1v) is 5.69. The number of benzene rings is 1. The van der Waals surface area contributed by atoms with E-state index in [1.165, 1.54) is 25.3 Å². The van der Waals surface area contributed by atoms with Crippen LogP contribution in [0.5, 0.6) is 5.75 Å². The lowest BCUT2D eigenvalue weighted by atomic mass is 10.1. The Labute approximate surface area is 113 Å². The normalized spacial score (nSPS) is 11.2. The molecule has 3 N–H and O–H groups in total. The van der Waals surface area contributed by atoms with Gasteiger partial charge in [0.1, 0.15) is 12.3 Å². The molecule has 0 aromatic heterocycles. The number of hydrogen-bond acceptors (Lipinski definition) is 4.